The first kappa shape index (κ1) is 17.9. The highest BCUT2D eigenvalue weighted by Gasteiger charge is 2.74. The number of aliphatic hydroxyl groups is 3. The number of rotatable bonds is 1. The van der Waals surface area contributed by atoms with Crippen molar-refractivity contribution in [1.82, 2.24) is 0 Å². The average Bonchev–Trinajstić information content (AvgIpc) is 2.82. The van der Waals surface area contributed by atoms with E-state index in [1.54, 1.807) is 6.92 Å². The number of hydrogen-bond acceptors (Lipinski definition) is 4. The zero-order valence-electron chi connectivity index (χ0n) is 15.9. The Morgan fingerprint density at radius 1 is 0.960 bits per heavy atom. The van der Waals surface area contributed by atoms with E-state index >= 15 is 0 Å². The fraction of sp³-hybridized carbons (Fsp3) is 0.952. The van der Waals surface area contributed by atoms with Gasteiger partial charge >= 0.3 is 0 Å². The molecule has 4 saturated carbocycles. The van der Waals surface area contributed by atoms with E-state index in [1.807, 2.05) is 6.92 Å². The molecule has 3 N–H and O–H groups in total. The van der Waals surface area contributed by atoms with Crippen LogP contribution in [-0.4, -0.2) is 38.4 Å². The molecular formula is C21H34O4. The Balaban J connectivity index is 1.75. The summed E-state index contributed by atoms with van der Waals surface area (Å²) in [6.45, 7) is 5.96. The summed E-state index contributed by atoms with van der Waals surface area (Å²) in [4.78, 5) is 12.2. The second kappa shape index (κ2) is 5.30. The third-order valence-electron chi connectivity index (χ3n) is 9.42. The van der Waals surface area contributed by atoms with Gasteiger partial charge in [0.05, 0.1) is 17.3 Å². The van der Waals surface area contributed by atoms with E-state index in [-0.39, 0.29) is 29.1 Å². The van der Waals surface area contributed by atoms with Crippen LogP contribution in [0.2, 0.25) is 0 Å². The lowest BCUT2D eigenvalue weighted by Crippen LogP contribution is -2.73. The highest BCUT2D eigenvalue weighted by molar-refractivity contribution is 5.80. The number of ketones is 1. The Morgan fingerprint density at radius 3 is 2.36 bits per heavy atom. The molecule has 0 saturated heterocycles. The van der Waals surface area contributed by atoms with Crippen LogP contribution in [0.5, 0.6) is 0 Å². The molecule has 0 bridgehead atoms. The summed E-state index contributed by atoms with van der Waals surface area (Å²) in [6, 6.07) is 0. The smallest absolute Gasteiger partial charge is 0.133 e. The lowest BCUT2D eigenvalue weighted by molar-refractivity contribution is -0.296. The minimum absolute atomic E-state index is 0.0163. The van der Waals surface area contributed by atoms with Crippen molar-refractivity contribution in [2.75, 3.05) is 0 Å². The lowest BCUT2D eigenvalue weighted by atomic mass is 9.41. The molecular weight excluding hydrogens is 316 g/mol. The van der Waals surface area contributed by atoms with E-state index in [4.69, 9.17) is 0 Å². The van der Waals surface area contributed by atoms with Gasteiger partial charge in [-0.05, 0) is 82.0 Å². The molecule has 0 amide bonds. The van der Waals surface area contributed by atoms with Crippen molar-refractivity contribution in [3.63, 3.8) is 0 Å². The third-order valence-corrected chi connectivity index (χ3v) is 9.42. The summed E-state index contributed by atoms with van der Waals surface area (Å²) in [5.41, 5.74) is -2.79. The number of Topliss-reactive ketones (excluding diaryl/α,β-unsaturated/α-hetero) is 1. The van der Waals surface area contributed by atoms with Crippen molar-refractivity contribution in [3.05, 3.63) is 0 Å². The number of fused-ring (bicyclic) bond motifs is 5. The molecule has 0 spiro atoms. The van der Waals surface area contributed by atoms with Gasteiger partial charge in [0, 0.05) is 11.3 Å². The maximum Gasteiger partial charge on any atom is 0.133 e. The van der Waals surface area contributed by atoms with Gasteiger partial charge in [-0.15, -0.1) is 0 Å². The molecule has 0 aliphatic heterocycles. The Bertz CT molecular complexity index is 590. The van der Waals surface area contributed by atoms with Crippen LogP contribution in [0.1, 0.15) is 78.6 Å². The van der Waals surface area contributed by atoms with E-state index in [1.165, 1.54) is 0 Å². The van der Waals surface area contributed by atoms with Gasteiger partial charge in [0.15, 0.2) is 0 Å². The number of carbonyl (C=O) groups excluding carboxylic acids is 1. The van der Waals surface area contributed by atoms with E-state index in [0.717, 1.165) is 38.5 Å². The van der Waals surface area contributed by atoms with Crippen molar-refractivity contribution in [1.29, 1.82) is 0 Å². The molecule has 4 aliphatic rings. The largest absolute Gasteiger partial charge is 0.393 e. The summed E-state index contributed by atoms with van der Waals surface area (Å²) in [6.07, 6.45) is 6.71. The zero-order chi connectivity index (χ0) is 18.3. The highest BCUT2D eigenvalue weighted by Crippen LogP contribution is 2.70. The molecule has 0 aromatic rings. The van der Waals surface area contributed by atoms with Gasteiger partial charge in [-0.1, -0.05) is 13.8 Å². The second-order valence-corrected chi connectivity index (χ2v) is 10.2. The molecule has 4 aliphatic carbocycles. The molecule has 0 radical (unpaired) electrons. The molecule has 4 nitrogen and oxygen atoms in total. The van der Waals surface area contributed by atoms with Gasteiger partial charge in [0.25, 0.3) is 0 Å². The Hall–Kier alpha value is -0.450. The van der Waals surface area contributed by atoms with Gasteiger partial charge in [0.2, 0.25) is 0 Å². The van der Waals surface area contributed by atoms with Crippen LogP contribution in [-0.2, 0) is 4.79 Å². The van der Waals surface area contributed by atoms with Crippen LogP contribution in [0.4, 0.5) is 0 Å². The highest BCUT2D eigenvalue weighted by atomic mass is 16.4. The van der Waals surface area contributed by atoms with Gasteiger partial charge < -0.3 is 15.3 Å². The minimum Gasteiger partial charge on any atom is -0.393 e. The maximum atomic E-state index is 12.2. The van der Waals surface area contributed by atoms with Crippen LogP contribution in [0.3, 0.4) is 0 Å². The van der Waals surface area contributed by atoms with Crippen molar-refractivity contribution < 1.29 is 20.1 Å². The molecule has 142 valence electrons. The second-order valence-electron chi connectivity index (χ2n) is 10.2. The first-order valence-electron chi connectivity index (χ1n) is 10.2. The van der Waals surface area contributed by atoms with E-state index in [9.17, 15) is 20.1 Å². The molecule has 4 rings (SSSR count). The maximum absolute atomic E-state index is 12.2. The number of carbonyl (C=O) groups is 1. The van der Waals surface area contributed by atoms with Gasteiger partial charge in [0.1, 0.15) is 5.78 Å². The standard InChI is InChI=1S/C21H34O4/c1-13(22)16-6-11-21(25)19(16,3)9-7-17-18(2)8-5-15(23)12-14(18)4-10-20(17,21)24/h14-17,23-25H,4-12H2,1-3H3/t14-,15-,16-,17+,18-,19+,20-,21+/m0/s1. The Morgan fingerprint density at radius 2 is 1.68 bits per heavy atom. The predicted molar refractivity (Wildman–Crippen MR) is 94.8 cm³/mol. The molecule has 25 heavy (non-hydrogen) atoms. The van der Waals surface area contributed by atoms with Crippen LogP contribution < -0.4 is 0 Å². The third kappa shape index (κ3) is 2.02. The molecule has 0 aromatic carbocycles. The van der Waals surface area contributed by atoms with Crippen molar-refractivity contribution >= 4 is 5.78 Å². The molecule has 4 heteroatoms. The average molecular weight is 350 g/mol. The topological polar surface area (TPSA) is 77.8 Å². The zero-order valence-corrected chi connectivity index (χ0v) is 15.9. The van der Waals surface area contributed by atoms with E-state index < -0.39 is 16.6 Å². The van der Waals surface area contributed by atoms with Crippen molar-refractivity contribution in [2.24, 2.45) is 28.6 Å². The van der Waals surface area contributed by atoms with Crippen LogP contribution in [0.25, 0.3) is 0 Å². The fourth-order valence-electron chi connectivity index (χ4n) is 7.91. The van der Waals surface area contributed by atoms with Gasteiger partial charge in [-0.2, -0.15) is 0 Å². The Labute approximate surface area is 151 Å². The lowest BCUT2D eigenvalue weighted by Gasteiger charge is -2.67. The summed E-state index contributed by atoms with van der Waals surface area (Å²) in [7, 11) is 0. The molecule has 0 unspecified atom stereocenters. The summed E-state index contributed by atoms with van der Waals surface area (Å²) in [5, 5.41) is 33.9. The molecule has 8 atom stereocenters. The summed E-state index contributed by atoms with van der Waals surface area (Å²) < 4.78 is 0. The molecule has 4 fully saturated rings. The Kier molecular flexibility index (Phi) is 3.80. The molecule has 0 aromatic heterocycles. The number of hydrogen-bond donors (Lipinski definition) is 3. The predicted octanol–water partition coefficient (Wildman–Crippen LogP) is 2.83. The SMILES string of the molecule is CC(=O)[C@@H]1CC[C@@]2(O)[C@]1(C)CC[C@@H]1[C@@]3(C)CC[C@H](O)C[C@@H]3CC[C@]12O. The van der Waals surface area contributed by atoms with Crippen molar-refractivity contribution in [3.8, 4) is 0 Å². The van der Waals surface area contributed by atoms with E-state index in [2.05, 4.69) is 6.92 Å². The van der Waals surface area contributed by atoms with E-state index in [0.29, 0.717) is 25.2 Å². The monoisotopic (exact) mass is 350 g/mol. The quantitative estimate of drug-likeness (QED) is 0.679. The molecule has 0 heterocycles. The normalized spacial score (nSPS) is 58.2. The minimum atomic E-state index is -1.16. The van der Waals surface area contributed by atoms with Crippen molar-refractivity contribution in [2.45, 2.75) is 95.9 Å². The summed E-state index contributed by atoms with van der Waals surface area (Å²) >= 11 is 0. The van der Waals surface area contributed by atoms with Gasteiger partial charge in [-0.25, -0.2) is 0 Å². The first-order chi connectivity index (χ1) is 11.6. The van der Waals surface area contributed by atoms with Crippen LogP contribution in [0.15, 0.2) is 0 Å². The first-order valence-corrected chi connectivity index (χ1v) is 10.2. The van der Waals surface area contributed by atoms with Gasteiger partial charge in [-0.3, -0.25) is 4.79 Å². The van der Waals surface area contributed by atoms with Crippen LogP contribution >= 0.6 is 0 Å². The van der Waals surface area contributed by atoms with Crippen LogP contribution in [0, 0.1) is 28.6 Å². The number of aliphatic hydroxyl groups excluding tert-OH is 1. The summed E-state index contributed by atoms with van der Waals surface area (Å²) in [5.74, 6) is 0.511. The fourth-order valence-corrected chi connectivity index (χ4v) is 7.91.